The molecule has 0 fully saturated rings. The smallest absolute Gasteiger partial charge is 0.349 e. The molecule has 0 saturated carbocycles. The first-order chi connectivity index (χ1) is 16.0. The molecule has 166 valence electrons. The number of benzene rings is 3. The van der Waals surface area contributed by atoms with Crippen LogP contribution in [0, 0.1) is 0 Å². The number of carbonyl (C=O) groups is 2. The highest BCUT2D eigenvalue weighted by molar-refractivity contribution is 9.10. The van der Waals surface area contributed by atoms with Gasteiger partial charge in [-0.05, 0) is 42.0 Å². The van der Waals surface area contributed by atoms with Crippen molar-refractivity contribution in [3.63, 3.8) is 0 Å². The van der Waals surface area contributed by atoms with Crippen molar-refractivity contribution in [2.24, 2.45) is 0 Å². The highest BCUT2D eigenvalue weighted by Gasteiger charge is 2.15. The molecule has 0 unspecified atom stereocenters. The van der Waals surface area contributed by atoms with E-state index in [0.717, 1.165) is 10.0 Å². The van der Waals surface area contributed by atoms with Gasteiger partial charge in [0.15, 0.2) is 6.61 Å². The number of nitrogens with one attached hydrogen (secondary N) is 1. The second-order valence-corrected chi connectivity index (χ2v) is 7.95. The van der Waals surface area contributed by atoms with E-state index in [9.17, 15) is 14.4 Å². The van der Waals surface area contributed by atoms with E-state index < -0.39 is 17.5 Å². The Bertz CT molecular complexity index is 1370. The third-order valence-electron chi connectivity index (χ3n) is 4.63. The van der Waals surface area contributed by atoms with E-state index in [1.54, 1.807) is 30.3 Å². The molecule has 0 atom stereocenters. The van der Waals surface area contributed by atoms with Gasteiger partial charge in [0.05, 0.1) is 0 Å². The second kappa shape index (κ2) is 10.1. The van der Waals surface area contributed by atoms with Crippen molar-refractivity contribution in [2.45, 2.75) is 6.54 Å². The largest absolute Gasteiger partial charge is 0.482 e. The summed E-state index contributed by atoms with van der Waals surface area (Å²) in [6.45, 7) is -0.00694. The van der Waals surface area contributed by atoms with Crippen LogP contribution < -0.4 is 20.4 Å². The summed E-state index contributed by atoms with van der Waals surface area (Å²) in [5.41, 5.74) is 0.212. The van der Waals surface area contributed by atoms with Crippen LogP contribution in [0.1, 0.15) is 15.9 Å². The van der Waals surface area contributed by atoms with Crippen LogP contribution >= 0.6 is 15.9 Å². The Morgan fingerprint density at radius 2 is 1.73 bits per heavy atom. The molecular weight excluding hydrogens is 490 g/mol. The van der Waals surface area contributed by atoms with E-state index in [0.29, 0.717) is 11.1 Å². The van der Waals surface area contributed by atoms with Crippen molar-refractivity contribution in [3.05, 3.63) is 105 Å². The van der Waals surface area contributed by atoms with Gasteiger partial charge in [0, 0.05) is 22.5 Å². The SMILES string of the molecule is O=C(COc1cccc(Br)c1)Oc1ccc2cc(C(=O)NCc3ccccc3)c(=O)oc2c1. The number of esters is 1. The molecule has 0 aliphatic carbocycles. The molecule has 1 heterocycles. The predicted molar refractivity (Wildman–Crippen MR) is 125 cm³/mol. The molecule has 8 heteroatoms. The van der Waals surface area contributed by atoms with Crippen LogP contribution in [0.2, 0.25) is 0 Å². The van der Waals surface area contributed by atoms with E-state index >= 15 is 0 Å². The predicted octanol–water partition coefficient (Wildman–Crippen LogP) is 4.47. The van der Waals surface area contributed by atoms with Crippen LogP contribution in [-0.4, -0.2) is 18.5 Å². The normalized spacial score (nSPS) is 10.6. The zero-order chi connectivity index (χ0) is 23.2. The first-order valence-electron chi connectivity index (χ1n) is 9.97. The van der Waals surface area contributed by atoms with Crippen LogP contribution in [0.15, 0.2) is 92.5 Å². The highest BCUT2D eigenvalue weighted by atomic mass is 79.9. The second-order valence-electron chi connectivity index (χ2n) is 7.04. The Hall–Kier alpha value is -3.91. The molecule has 1 N–H and O–H groups in total. The third-order valence-corrected chi connectivity index (χ3v) is 5.13. The first kappa shape index (κ1) is 22.3. The van der Waals surface area contributed by atoms with Gasteiger partial charge in [0.2, 0.25) is 0 Å². The summed E-state index contributed by atoms with van der Waals surface area (Å²) in [4.78, 5) is 36.9. The molecule has 0 aliphatic rings. The van der Waals surface area contributed by atoms with Crippen molar-refractivity contribution in [2.75, 3.05) is 6.61 Å². The summed E-state index contributed by atoms with van der Waals surface area (Å²) in [5, 5.41) is 3.22. The third kappa shape index (κ3) is 5.87. The summed E-state index contributed by atoms with van der Waals surface area (Å²) < 4.78 is 16.8. The number of hydrogen-bond donors (Lipinski definition) is 1. The minimum absolute atomic E-state index is 0.106. The Kier molecular flexibility index (Phi) is 6.85. The number of halogens is 1. The van der Waals surface area contributed by atoms with Crippen molar-refractivity contribution < 1.29 is 23.5 Å². The molecule has 4 aromatic rings. The molecular formula is C25H18BrNO6. The summed E-state index contributed by atoms with van der Waals surface area (Å²) in [7, 11) is 0. The molecule has 33 heavy (non-hydrogen) atoms. The molecule has 1 aromatic heterocycles. The number of amides is 1. The molecule has 4 rings (SSSR count). The Balaban J connectivity index is 1.42. The molecule has 7 nitrogen and oxygen atoms in total. The van der Waals surface area contributed by atoms with Crippen molar-refractivity contribution in [3.8, 4) is 11.5 Å². The maximum Gasteiger partial charge on any atom is 0.349 e. The van der Waals surface area contributed by atoms with Crippen LogP contribution in [0.3, 0.4) is 0 Å². The summed E-state index contributed by atoms with van der Waals surface area (Å²) in [5.74, 6) is -0.443. The van der Waals surface area contributed by atoms with Gasteiger partial charge in [-0.2, -0.15) is 0 Å². The maximum absolute atomic E-state index is 12.4. The number of rotatable bonds is 7. The summed E-state index contributed by atoms with van der Waals surface area (Å²) >= 11 is 3.33. The van der Waals surface area contributed by atoms with E-state index in [-0.39, 0.29) is 30.0 Å². The number of ether oxygens (including phenoxy) is 2. The molecule has 0 aliphatic heterocycles. The zero-order valence-electron chi connectivity index (χ0n) is 17.2. The van der Waals surface area contributed by atoms with Crippen molar-refractivity contribution in [1.29, 1.82) is 0 Å². The molecule has 0 saturated heterocycles. The van der Waals surface area contributed by atoms with Crippen LogP contribution in [0.4, 0.5) is 0 Å². The van der Waals surface area contributed by atoms with Crippen molar-refractivity contribution in [1.82, 2.24) is 5.32 Å². The molecule has 0 spiro atoms. The fraction of sp³-hybridized carbons (Fsp3) is 0.0800. The van der Waals surface area contributed by atoms with E-state index in [2.05, 4.69) is 21.2 Å². The zero-order valence-corrected chi connectivity index (χ0v) is 18.8. The van der Waals surface area contributed by atoms with Crippen LogP contribution in [0.5, 0.6) is 11.5 Å². The van der Waals surface area contributed by atoms with Crippen molar-refractivity contribution >= 4 is 38.8 Å². The van der Waals surface area contributed by atoms with Gasteiger partial charge in [-0.1, -0.05) is 52.3 Å². The summed E-state index contributed by atoms with van der Waals surface area (Å²) in [6.07, 6.45) is 0. The van der Waals surface area contributed by atoms with Gasteiger partial charge >= 0.3 is 11.6 Å². The number of carbonyl (C=O) groups excluding carboxylic acids is 2. The standard InChI is InChI=1S/C25H18BrNO6/c26-18-7-4-8-19(12-18)31-15-23(28)32-20-10-9-17-11-21(25(30)33-22(17)13-20)24(29)27-14-16-5-2-1-3-6-16/h1-13H,14-15H2,(H,27,29). The lowest BCUT2D eigenvalue weighted by Gasteiger charge is -2.08. The van der Waals surface area contributed by atoms with E-state index in [1.807, 2.05) is 36.4 Å². The highest BCUT2D eigenvalue weighted by Crippen LogP contribution is 2.21. The first-order valence-corrected chi connectivity index (χ1v) is 10.8. The Morgan fingerprint density at radius 3 is 2.52 bits per heavy atom. The number of hydrogen-bond acceptors (Lipinski definition) is 6. The minimum Gasteiger partial charge on any atom is -0.482 e. The van der Waals surface area contributed by atoms with Gasteiger partial charge in [0.1, 0.15) is 22.6 Å². The van der Waals surface area contributed by atoms with Gasteiger partial charge in [0.25, 0.3) is 5.91 Å². The van der Waals surface area contributed by atoms with Gasteiger partial charge in [-0.15, -0.1) is 0 Å². The van der Waals surface area contributed by atoms with Gasteiger partial charge < -0.3 is 19.2 Å². The van der Waals surface area contributed by atoms with E-state index in [4.69, 9.17) is 13.9 Å². The molecule has 1 amide bonds. The Labute approximate surface area is 197 Å². The topological polar surface area (TPSA) is 94.8 Å². The fourth-order valence-electron chi connectivity index (χ4n) is 3.05. The minimum atomic E-state index is -0.783. The van der Waals surface area contributed by atoms with Gasteiger partial charge in [-0.3, -0.25) is 4.79 Å². The summed E-state index contributed by atoms with van der Waals surface area (Å²) in [6, 6.07) is 22.4. The van der Waals surface area contributed by atoms with Gasteiger partial charge in [-0.25, -0.2) is 9.59 Å². The monoisotopic (exact) mass is 507 g/mol. The maximum atomic E-state index is 12.4. The average molecular weight is 508 g/mol. The van der Waals surface area contributed by atoms with Crippen LogP contribution in [0.25, 0.3) is 11.0 Å². The molecule has 0 bridgehead atoms. The molecule has 3 aromatic carbocycles. The van der Waals surface area contributed by atoms with E-state index in [1.165, 1.54) is 12.1 Å². The Morgan fingerprint density at radius 1 is 0.909 bits per heavy atom. The average Bonchev–Trinajstić information content (AvgIpc) is 2.81. The quantitative estimate of drug-likeness (QED) is 0.225. The lowest BCUT2D eigenvalue weighted by Crippen LogP contribution is -2.27. The fourth-order valence-corrected chi connectivity index (χ4v) is 3.42. The van der Waals surface area contributed by atoms with Crippen LogP contribution in [-0.2, 0) is 11.3 Å². The number of fused-ring (bicyclic) bond motifs is 1. The lowest BCUT2D eigenvalue weighted by molar-refractivity contribution is -0.136. The lowest BCUT2D eigenvalue weighted by atomic mass is 10.1. The molecule has 0 radical (unpaired) electrons.